The second kappa shape index (κ2) is 5.76. The van der Waals surface area contributed by atoms with E-state index in [1.807, 2.05) is 19.1 Å². The second-order valence-corrected chi connectivity index (χ2v) is 5.55. The van der Waals surface area contributed by atoms with Crippen LogP contribution in [-0.4, -0.2) is 10.9 Å². The third-order valence-corrected chi connectivity index (χ3v) is 3.85. The van der Waals surface area contributed by atoms with Crippen molar-refractivity contribution in [2.24, 2.45) is 0 Å². The van der Waals surface area contributed by atoms with Gasteiger partial charge in [0.05, 0.1) is 11.1 Å². The Balaban J connectivity index is 1.96. The number of aryl methyl sites for hydroxylation is 3. The third-order valence-electron chi connectivity index (χ3n) is 3.85. The Morgan fingerprint density at radius 2 is 2.00 bits per heavy atom. The minimum absolute atomic E-state index is 0.140. The maximum atomic E-state index is 12.3. The van der Waals surface area contributed by atoms with Crippen molar-refractivity contribution < 1.29 is 9.21 Å². The molecule has 0 radical (unpaired) electrons. The molecular weight excluding hydrogens is 292 g/mol. The number of amides is 1. The van der Waals surface area contributed by atoms with Crippen molar-refractivity contribution in [3.8, 4) is 0 Å². The van der Waals surface area contributed by atoms with Crippen LogP contribution in [0.4, 0.5) is 5.69 Å². The van der Waals surface area contributed by atoms with E-state index >= 15 is 0 Å². The zero-order valence-corrected chi connectivity index (χ0v) is 13.3. The van der Waals surface area contributed by atoms with Crippen molar-refractivity contribution in [2.45, 2.75) is 27.2 Å². The number of H-pyrrole nitrogens is 1. The Morgan fingerprint density at radius 1 is 1.22 bits per heavy atom. The molecule has 1 aromatic carbocycles. The lowest BCUT2D eigenvalue weighted by Crippen LogP contribution is -2.12. The van der Waals surface area contributed by atoms with Crippen LogP contribution in [0.5, 0.6) is 0 Å². The highest BCUT2D eigenvalue weighted by Crippen LogP contribution is 2.21. The molecule has 2 N–H and O–H groups in total. The van der Waals surface area contributed by atoms with E-state index in [-0.39, 0.29) is 11.5 Å². The Bertz CT molecular complexity index is 951. The molecule has 0 saturated heterocycles. The van der Waals surface area contributed by atoms with E-state index < -0.39 is 0 Å². The van der Waals surface area contributed by atoms with E-state index in [9.17, 15) is 9.59 Å². The molecule has 2 heterocycles. The highest BCUT2D eigenvalue weighted by Gasteiger charge is 2.14. The van der Waals surface area contributed by atoms with Crippen LogP contribution in [0.1, 0.15) is 34.4 Å². The fourth-order valence-electron chi connectivity index (χ4n) is 2.76. The minimum atomic E-state index is -0.229. The smallest absolute Gasteiger partial charge is 0.259 e. The van der Waals surface area contributed by atoms with Crippen LogP contribution in [0.15, 0.2) is 39.5 Å². The van der Waals surface area contributed by atoms with Gasteiger partial charge >= 0.3 is 0 Å². The predicted octanol–water partition coefficient (Wildman–Crippen LogP) is 3.55. The SMILES string of the molecule is CCc1cc(=O)[nH]c2cc(NC(=O)c3cc(C)oc3C)ccc12. The van der Waals surface area contributed by atoms with Gasteiger partial charge in [-0.1, -0.05) is 13.0 Å². The normalized spacial score (nSPS) is 10.9. The molecule has 0 bridgehead atoms. The Morgan fingerprint density at radius 3 is 2.65 bits per heavy atom. The summed E-state index contributed by atoms with van der Waals surface area (Å²) in [4.78, 5) is 26.8. The van der Waals surface area contributed by atoms with Gasteiger partial charge in [0.15, 0.2) is 0 Å². The third kappa shape index (κ3) is 2.90. The summed E-state index contributed by atoms with van der Waals surface area (Å²) in [5.41, 5.74) is 2.71. The molecule has 0 aliphatic carbocycles. The maximum Gasteiger partial charge on any atom is 0.259 e. The summed E-state index contributed by atoms with van der Waals surface area (Å²) in [6, 6.07) is 8.84. The van der Waals surface area contributed by atoms with Crippen molar-refractivity contribution in [3.05, 3.63) is 63.3 Å². The number of hydrogen-bond donors (Lipinski definition) is 2. The Labute approximate surface area is 133 Å². The quantitative estimate of drug-likeness (QED) is 0.776. The van der Waals surface area contributed by atoms with Crippen LogP contribution < -0.4 is 10.9 Å². The summed E-state index contributed by atoms with van der Waals surface area (Å²) in [5, 5.41) is 3.83. The van der Waals surface area contributed by atoms with Crippen molar-refractivity contribution in [2.75, 3.05) is 5.32 Å². The number of aromatic nitrogens is 1. The molecule has 0 fully saturated rings. The number of nitrogens with one attached hydrogen (secondary N) is 2. The number of pyridine rings is 1. The standard InChI is InChI=1S/C18H18N2O3/c1-4-12-8-17(21)20-16-9-13(5-6-14(12)16)19-18(22)15-7-10(2)23-11(15)3/h5-9H,4H2,1-3H3,(H,19,22)(H,20,21). The average molecular weight is 310 g/mol. The molecule has 1 amide bonds. The number of aromatic amines is 1. The topological polar surface area (TPSA) is 75.1 Å². The number of hydrogen-bond acceptors (Lipinski definition) is 3. The summed E-state index contributed by atoms with van der Waals surface area (Å²) >= 11 is 0. The van der Waals surface area contributed by atoms with E-state index in [4.69, 9.17) is 4.42 Å². The molecule has 0 atom stereocenters. The number of carbonyl (C=O) groups is 1. The van der Waals surface area contributed by atoms with Gasteiger partial charge in [0.1, 0.15) is 11.5 Å². The highest BCUT2D eigenvalue weighted by atomic mass is 16.3. The molecule has 5 nitrogen and oxygen atoms in total. The van der Waals surface area contributed by atoms with Crippen molar-refractivity contribution in [1.82, 2.24) is 4.98 Å². The van der Waals surface area contributed by atoms with Crippen LogP contribution in [-0.2, 0) is 6.42 Å². The van der Waals surface area contributed by atoms with Gasteiger partial charge in [-0.25, -0.2) is 0 Å². The maximum absolute atomic E-state index is 12.3. The zero-order chi connectivity index (χ0) is 16.6. The molecule has 3 rings (SSSR count). The van der Waals surface area contributed by atoms with Gasteiger partial charge < -0.3 is 14.7 Å². The molecule has 0 unspecified atom stereocenters. The van der Waals surface area contributed by atoms with E-state index in [2.05, 4.69) is 10.3 Å². The van der Waals surface area contributed by atoms with Gasteiger partial charge in [-0.05, 0) is 44.0 Å². The van der Waals surface area contributed by atoms with Gasteiger partial charge in [0, 0.05) is 17.1 Å². The first-order valence-electron chi connectivity index (χ1n) is 7.52. The van der Waals surface area contributed by atoms with Crippen LogP contribution in [0.3, 0.4) is 0 Å². The lowest BCUT2D eigenvalue weighted by atomic mass is 10.1. The largest absolute Gasteiger partial charge is 0.466 e. The molecule has 118 valence electrons. The molecule has 2 aromatic heterocycles. The second-order valence-electron chi connectivity index (χ2n) is 5.55. The fourth-order valence-corrected chi connectivity index (χ4v) is 2.76. The molecule has 0 aliphatic heterocycles. The lowest BCUT2D eigenvalue weighted by molar-refractivity contribution is 0.102. The molecule has 23 heavy (non-hydrogen) atoms. The lowest BCUT2D eigenvalue weighted by Gasteiger charge is -2.08. The number of benzene rings is 1. The van der Waals surface area contributed by atoms with Crippen LogP contribution >= 0.6 is 0 Å². The van der Waals surface area contributed by atoms with Gasteiger partial charge in [-0.15, -0.1) is 0 Å². The molecule has 0 saturated carbocycles. The van der Waals surface area contributed by atoms with Gasteiger partial charge in [0.2, 0.25) is 5.56 Å². The molecular formula is C18H18N2O3. The van der Waals surface area contributed by atoms with Crippen LogP contribution in [0.25, 0.3) is 10.9 Å². The summed E-state index contributed by atoms with van der Waals surface area (Å²) < 4.78 is 5.38. The first-order valence-corrected chi connectivity index (χ1v) is 7.52. The van der Waals surface area contributed by atoms with Crippen LogP contribution in [0, 0.1) is 13.8 Å². The number of carbonyl (C=O) groups excluding carboxylic acids is 1. The van der Waals surface area contributed by atoms with E-state index in [0.29, 0.717) is 28.3 Å². The summed E-state index contributed by atoms with van der Waals surface area (Å²) in [5.74, 6) is 1.05. The molecule has 3 aromatic rings. The van der Waals surface area contributed by atoms with Crippen molar-refractivity contribution in [3.63, 3.8) is 0 Å². The minimum Gasteiger partial charge on any atom is -0.466 e. The number of fused-ring (bicyclic) bond motifs is 1. The number of furan rings is 1. The summed E-state index contributed by atoms with van der Waals surface area (Å²) in [6.45, 7) is 5.57. The Hall–Kier alpha value is -2.82. The fraction of sp³-hybridized carbons (Fsp3) is 0.222. The predicted molar refractivity (Wildman–Crippen MR) is 90.1 cm³/mol. The van der Waals surface area contributed by atoms with Crippen molar-refractivity contribution in [1.29, 1.82) is 0 Å². The highest BCUT2D eigenvalue weighted by molar-refractivity contribution is 6.05. The first-order chi connectivity index (χ1) is 11.0. The van der Waals surface area contributed by atoms with Crippen molar-refractivity contribution >= 4 is 22.5 Å². The average Bonchev–Trinajstić information content (AvgIpc) is 2.84. The molecule has 0 aliphatic rings. The molecule has 0 spiro atoms. The molecule has 5 heteroatoms. The van der Waals surface area contributed by atoms with Gasteiger partial charge in [-0.2, -0.15) is 0 Å². The van der Waals surface area contributed by atoms with Gasteiger partial charge in [-0.3, -0.25) is 9.59 Å². The summed E-state index contributed by atoms with van der Waals surface area (Å²) in [6.07, 6.45) is 0.777. The zero-order valence-electron chi connectivity index (χ0n) is 13.3. The van der Waals surface area contributed by atoms with Gasteiger partial charge in [0.25, 0.3) is 5.91 Å². The first kappa shape index (κ1) is 15.1. The van der Waals surface area contributed by atoms with E-state index in [1.165, 1.54) is 0 Å². The number of anilines is 1. The Kier molecular flexibility index (Phi) is 3.78. The monoisotopic (exact) mass is 310 g/mol. The summed E-state index contributed by atoms with van der Waals surface area (Å²) in [7, 11) is 0. The van der Waals surface area contributed by atoms with Crippen LogP contribution in [0.2, 0.25) is 0 Å². The number of rotatable bonds is 3. The van der Waals surface area contributed by atoms with E-state index in [0.717, 1.165) is 17.4 Å². The van der Waals surface area contributed by atoms with E-state index in [1.54, 1.807) is 32.0 Å².